The van der Waals surface area contributed by atoms with Gasteiger partial charge in [-0.05, 0) is 76.9 Å². The number of thiophene rings is 1. The van der Waals surface area contributed by atoms with Gasteiger partial charge in [0.2, 0.25) is 0 Å². The van der Waals surface area contributed by atoms with Crippen molar-refractivity contribution in [3.8, 4) is 16.2 Å². The number of carbonyl (C=O) groups excluding carboxylic acids is 1. The second-order valence-electron chi connectivity index (χ2n) is 8.86. The molecule has 0 saturated heterocycles. The number of amides is 1. The zero-order chi connectivity index (χ0) is 23.2. The van der Waals surface area contributed by atoms with E-state index in [9.17, 15) is 4.79 Å². The molecule has 34 heavy (non-hydrogen) atoms. The minimum Gasteiger partial charge on any atom is -0.497 e. The highest BCUT2D eigenvalue weighted by Crippen LogP contribution is 2.43. The molecular weight excluding hydrogens is 462 g/mol. The lowest BCUT2D eigenvalue weighted by molar-refractivity contribution is 0.0699. The average molecular weight is 486 g/mol. The molecule has 0 radical (unpaired) electrons. The summed E-state index contributed by atoms with van der Waals surface area (Å²) < 4.78 is 5.47. The van der Waals surface area contributed by atoms with Crippen LogP contribution in [-0.4, -0.2) is 24.5 Å². The summed E-state index contributed by atoms with van der Waals surface area (Å²) in [6.45, 7) is 0.665. The molecule has 5 heteroatoms. The van der Waals surface area contributed by atoms with E-state index in [2.05, 4.69) is 36.4 Å². The number of rotatable bonds is 3. The van der Waals surface area contributed by atoms with Crippen molar-refractivity contribution in [1.82, 2.24) is 4.90 Å². The molecule has 0 bridgehead atoms. The van der Waals surface area contributed by atoms with Gasteiger partial charge in [0.15, 0.2) is 0 Å². The van der Waals surface area contributed by atoms with E-state index in [0.29, 0.717) is 11.6 Å². The Balaban J connectivity index is 1.42. The van der Waals surface area contributed by atoms with Gasteiger partial charge in [0.25, 0.3) is 5.91 Å². The topological polar surface area (TPSA) is 29.5 Å². The molecule has 0 saturated carbocycles. The fourth-order valence-corrected chi connectivity index (χ4v) is 6.74. The summed E-state index contributed by atoms with van der Waals surface area (Å²) in [6.07, 6.45) is 2.78. The number of carbonyl (C=O) groups is 1. The molecule has 1 amide bonds. The zero-order valence-corrected chi connectivity index (χ0v) is 20.5. The lowest BCUT2D eigenvalue weighted by Crippen LogP contribution is -2.40. The molecule has 2 heterocycles. The van der Waals surface area contributed by atoms with E-state index in [-0.39, 0.29) is 11.9 Å². The summed E-state index contributed by atoms with van der Waals surface area (Å²) in [4.78, 5) is 18.0. The first-order valence-corrected chi connectivity index (χ1v) is 12.8. The Morgan fingerprint density at radius 2 is 1.68 bits per heavy atom. The molecule has 1 aromatic heterocycles. The number of hydrogen-bond donors (Lipinski definition) is 0. The van der Waals surface area contributed by atoms with Crippen LogP contribution in [0.5, 0.6) is 5.75 Å². The second-order valence-corrected chi connectivity index (χ2v) is 10.3. The second kappa shape index (κ2) is 8.61. The predicted molar refractivity (Wildman–Crippen MR) is 138 cm³/mol. The molecule has 2 aliphatic rings. The number of methoxy groups -OCH3 is 1. The number of ether oxygens (including phenoxy) is 1. The van der Waals surface area contributed by atoms with Crippen LogP contribution in [0.2, 0.25) is 5.02 Å². The van der Waals surface area contributed by atoms with E-state index in [1.807, 2.05) is 41.3 Å². The maximum atomic E-state index is 14.0. The van der Waals surface area contributed by atoms with E-state index in [4.69, 9.17) is 16.3 Å². The van der Waals surface area contributed by atoms with Gasteiger partial charge in [-0.15, -0.1) is 11.3 Å². The zero-order valence-electron chi connectivity index (χ0n) is 18.9. The van der Waals surface area contributed by atoms with Gasteiger partial charge < -0.3 is 9.64 Å². The fourth-order valence-electron chi connectivity index (χ4n) is 5.29. The average Bonchev–Trinajstić information content (AvgIpc) is 3.33. The maximum absolute atomic E-state index is 14.0. The summed E-state index contributed by atoms with van der Waals surface area (Å²) in [6, 6.07) is 24.5. The first-order valence-electron chi connectivity index (χ1n) is 11.6. The lowest BCUT2D eigenvalue weighted by Gasteiger charge is -2.38. The van der Waals surface area contributed by atoms with E-state index in [1.165, 1.54) is 27.1 Å². The third-order valence-corrected chi connectivity index (χ3v) is 8.53. The monoisotopic (exact) mass is 485 g/mol. The van der Waals surface area contributed by atoms with Crippen LogP contribution in [0.25, 0.3) is 10.4 Å². The van der Waals surface area contributed by atoms with E-state index in [0.717, 1.165) is 41.0 Å². The number of benzene rings is 3. The van der Waals surface area contributed by atoms with Gasteiger partial charge in [-0.3, -0.25) is 4.79 Å². The van der Waals surface area contributed by atoms with Crippen molar-refractivity contribution in [2.45, 2.75) is 25.3 Å². The summed E-state index contributed by atoms with van der Waals surface area (Å²) in [5, 5.41) is 0.688. The molecule has 6 rings (SSSR count). The van der Waals surface area contributed by atoms with E-state index >= 15 is 0 Å². The van der Waals surface area contributed by atoms with Gasteiger partial charge in [-0.1, -0.05) is 60.1 Å². The Morgan fingerprint density at radius 1 is 0.912 bits per heavy atom. The molecule has 4 aromatic rings. The summed E-state index contributed by atoms with van der Waals surface area (Å²) in [5.41, 5.74) is 7.17. The maximum Gasteiger partial charge on any atom is 0.264 e. The molecule has 170 valence electrons. The summed E-state index contributed by atoms with van der Waals surface area (Å²) >= 11 is 8.26. The fraction of sp³-hybridized carbons (Fsp3) is 0.207. The Kier molecular flexibility index (Phi) is 5.43. The smallest absolute Gasteiger partial charge is 0.264 e. The number of fused-ring (bicyclic) bond motifs is 4. The van der Waals surface area contributed by atoms with Gasteiger partial charge in [0.1, 0.15) is 5.75 Å². The molecule has 1 unspecified atom stereocenters. The van der Waals surface area contributed by atoms with Gasteiger partial charge in [-0.2, -0.15) is 0 Å². The van der Waals surface area contributed by atoms with Gasteiger partial charge in [0, 0.05) is 16.4 Å². The molecule has 0 spiro atoms. The first-order chi connectivity index (χ1) is 16.6. The number of hydrogen-bond acceptors (Lipinski definition) is 3. The first kappa shape index (κ1) is 21.5. The highest BCUT2D eigenvalue weighted by molar-refractivity contribution is 7.17. The van der Waals surface area contributed by atoms with E-state index in [1.54, 1.807) is 18.4 Å². The Morgan fingerprint density at radius 3 is 2.50 bits per heavy atom. The van der Waals surface area contributed by atoms with Crippen LogP contribution < -0.4 is 4.74 Å². The van der Waals surface area contributed by atoms with E-state index < -0.39 is 0 Å². The van der Waals surface area contributed by atoms with Crippen LogP contribution >= 0.6 is 22.9 Å². The van der Waals surface area contributed by atoms with Crippen LogP contribution in [0.4, 0.5) is 0 Å². The summed E-state index contributed by atoms with van der Waals surface area (Å²) in [5.74, 6) is 0.919. The predicted octanol–water partition coefficient (Wildman–Crippen LogP) is 6.96. The molecule has 1 atom stereocenters. The molecule has 3 aromatic carbocycles. The largest absolute Gasteiger partial charge is 0.497 e. The van der Waals surface area contributed by atoms with Crippen molar-refractivity contribution in [1.29, 1.82) is 0 Å². The standard InChI is InChI=1S/C29H24ClNO2S/c1-33-21-13-12-19-10-11-20-16-26(34-28(20)24(19)17-21)29(32)31-15-14-18-6-2-3-7-22(18)27(31)23-8-4-5-9-25(23)30/h2-9,12-13,16-17,27H,10-11,14-15H2,1H3. The minimum absolute atomic E-state index is 0.0725. The van der Waals surface area contributed by atoms with Crippen LogP contribution in [0.15, 0.2) is 72.8 Å². The Bertz CT molecular complexity index is 1410. The van der Waals surface area contributed by atoms with Crippen molar-refractivity contribution in [2.75, 3.05) is 13.7 Å². The molecule has 1 aliphatic heterocycles. The third kappa shape index (κ3) is 3.53. The lowest BCUT2D eigenvalue weighted by atomic mass is 9.88. The van der Waals surface area contributed by atoms with Gasteiger partial charge in [-0.25, -0.2) is 0 Å². The van der Waals surface area contributed by atoms with Crippen LogP contribution in [0.1, 0.15) is 43.5 Å². The molecule has 3 nitrogen and oxygen atoms in total. The van der Waals surface area contributed by atoms with Crippen molar-refractivity contribution in [3.05, 3.63) is 111 Å². The normalized spacial score (nSPS) is 16.4. The van der Waals surface area contributed by atoms with Gasteiger partial charge in [0.05, 0.1) is 18.0 Å². The quantitative estimate of drug-likeness (QED) is 0.314. The summed E-state index contributed by atoms with van der Waals surface area (Å²) in [7, 11) is 1.69. The van der Waals surface area contributed by atoms with Crippen molar-refractivity contribution >= 4 is 28.8 Å². The highest BCUT2D eigenvalue weighted by atomic mass is 35.5. The van der Waals surface area contributed by atoms with Crippen molar-refractivity contribution in [3.63, 3.8) is 0 Å². The number of halogens is 1. The molecule has 1 aliphatic carbocycles. The van der Waals surface area contributed by atoms with Crippen LogP contribution in [-0.2, 0) is 19.3 Å². The molecule has 0 N–H and O–H groups in total. The minimum atomic E-state index is -0.197. The van der Waals surface area contributed by atoms with Crippen molar-refractivity contribution < 1.29 is 9.53 Å². The SMILES string of the molecule is COc1ccc2c(c1)-c1sc(C(=O)N3CCc4ccccc4C3c3ccccc3Cl)cc1CC2. The number of nitrogens with zero attached hydrogens (tertiary/aromatic N) is 1. The van der Waals surface area contributed by atoms with Crippen molar-refractivity contribution in [2.24, 2.45) is 0 Å². The van der Waals surface area contributed by atoms with Crippen LogP contribution in [0.3, 0.4) is 0 Å². The number of aryl methyl sites for hydroxylation is 2. The Hall–Kier alpha value is -3.08. The highest BCUT2D eigenvalue weighted by Gasteiger charge is 2.35. The molecule has 0 fully saturated rings. The van der Waals surface area contributed by atoms with Crippen LogP contribution in [0, 0.1) is 0 Å². The third-order valence-electron chi connectivity index (χ3n) is 6.99. The molecular formula is C29H24ClNO2S. The van der Waals surface area contributed by atoms with Gasteiger partial charge >= 0.3 is 0 Å². The Labute approximate surface area is 208 Å².